The summed E-state index contributed by atoms with van der Waals surface area (Å²) < 4.78 is 6.55. The molecule has 0 aliphatic carbocycles. The third kappa shape index (κ3) is 2.61. The highest BCUT2D eigenvalue weighted by molar-refractivity contribution is 5.73. The zero-order valence-corrected chi connectivity index (χ0v) is 10.5. The van der Waals surface area contributed by atoms with Crippen LogP contribution in [0.2, 0.25) is 0 Å². The molecule has 1 N–H and O–H groups in total. The van der Waals surface area contributed by atoms with Gasteiger partial charge < -0.3 is 9.73 Å². The molecule has 18 heavy (non-hydrogen) atoms. The van der Waals surface area contributed by atoms with E-state index in [1.54, 1.807) is 7.05 Å². The lowest BCUT2D eigenvalue weighted by atomic mass is 10.1. The van der Waals surface area contributed by atoms with Crippen LogP contribution >= 0.6 is 0 Å². The lowest BCUT2D eigenvalue weighted by Crippen LogP contribution is -2.21. The largest absolute Gasteiger partial charge is 0.419 e. The summed E-state index contributed by atoms with van der Waals surface area (Å²) in [5.74, 6) is -0.358. The summed E-state index contributed by atoms with van der Waals surface area (Å²) in [5, 5.41) is 2.76. The van der Waals surface area contributed by atoms with Crippen molar-refractivity contribution in [2.45, 2.75) is 19.8 Å². The Hall–Kier alpha value is -2.04. The van der Waals surface area contributed by atoms with Gasteiger partial charge in [0.2, 0.25) is 5.91 Å². The number of nitrogens with one attached hydrogen (secondary N) is 1. The summed E-state index contributed by atoms with van der Waals surface area (Å²) in [6.07, 6.45) is 1.73. The normalized spacial score (nSPS) is 10.8. The molecule has 1 aromatic heterocycles. The maximum Gasteiger partial charge on any atom is 0.419 e. The third-order valence-corrected chi connectivity index (χ3v) is 2.87. The van der Waals surface area contributed by atoms with Gasteiger partial charge >= 0.3 is 5.76 Å². The van der Waals surface area contributed by atoms with Crippen LogP contribution in [-0.2, 0) is 18.3 Å². The van der Waals surface area contributed by atoms with Crippen LogP contribution in [0.3, 0.4) is 0 Å². The van der Waals surface area contributed by atoms with E-state index < -0.39 is 0 Å². The molecule has 2 aromatic rings. The van der Waals surface area contributed by atoms with Crippen molar-refractivity contribution in [2.24, 2.45) is 7.05 Å². The summed E-state index contributed by atoms with van der Waals surface area (Å²) in [6, 6.07) is 5.71. The van der Waals surface area contributed by atoms with Gasteiger partial charge in [-0.3, -0.25) is 9.36 Å². The van der Waals surface area contributed by atoms with E-state index >= 15 is 0 Å². The molecular weight excluding hydrogens is 232 g/mol. The Kier molecular flexibility index (Phi) is 3.50. The molecular formula is C13H16N2O3. The first kappa shape index (κ1) is 12.4. The highest BCUT2D eigenvalue weighted by Crippen LogP contribution is 2.15. The summed E-state index contributed by atoms with van der Waals surface area (Å²) in [4.78, 5) is 22.0. The van der Waals surface area contributed by atoms with Gasteiger partial charge in [0.25, 0.3) is 0 Å². The summed E-state index contributed by atoms with van der Waals surface area (Å²) in [6.45, 7) is 2.17. The minimum absolute atomic E-state index is 0.0114. The topological polar surface area (TPSA) is 64.2 Å². The van der Waals surface area contributed by atoms with Crippen molar-refractivity contribution in [3.63, 3.8) is 0 Å². The zero-order chi connectivity index (χ0) is 13.1. The summed E-state index contributed by atoms with van der Waals surface area (Å²) >= 11 is 0. The van der Waals surface area contributed by atoms with Gasteiger partial charge in [0.05, 0.1) is 5.52 Å². The first-order valence-electron chi connectivity index (χ1n) is 5.91. The van der Waals surface area contributed by atoms with Gasteiger partial charge in [0.1, 0.15) is 0 Å². The van der Waals surface area contributed by atoms with Gasteiger partial charge in [-0.05, 0) is 30.5 Å². The predicted octanol–water partition coefficient (Wildman–Crippen LogP) is 1.20. The molecule has 0 aliphatic rings. The fraction of sp³-hybridized carbons (Fsp3) is 0.385. The maximum absolute atomic E-state index is 11.3. The van der Waals surface area contributed by atoms with E-state index in [1.807, 2.05) is 18.2 Å². The van der Waals surface area contributed by atoms with Gasteiger partial charge in [-0.2, -0.15) is 0 Å². The number of nitrogens with zero attached hydrogens (tertiary/aromatic N) is 1. The van der Waals surface area contributed by atoms with Crippen LogP contribution in [0.5, 0.6) is 0 Å². The molecule has 96 valence electrons. The van der Waals surface area contributed by atoms with E-state index in [9.17, 15) is 9.59 Å². The minimum Gasteiger partial charge on any atom is -0.408 e. The van der Waals surface area contributed by atoms with Crippen LogP contribution in [0.4, 0.5) is 0 Å². The molecule has 5 nitrogen and oxygen atoms in total. The van der Waals surface area contributed by atoms with Crippen molar-refractivity contribution in [3.8, 4) is 0 Å². The van der Waals surface area contributed by atoms with E-state index in [1.165, 1.54) is 11.5 Å². The molecule has 0 bridgehead atoms. The number of aryl methyl sites for hydroxylation is 2. The Morgan fingerprint density at radius 1 is 1.44 bits per heavy atom. The molecule has 0 unspecified atom stereocenters. The van der Waals surface area contributed by atoms with Gasteiger partial charge in [0, 0.05) is 20.5 Å². The number of hydrogen-bond donors (Lipinski definition) is 1. The number of rotatable bonds is 4. The van der Waals surface area contributed by atoms with Crippen LogP contribution < -0.4 is 11.1 Å². The average Bonchev–Trinajstić information content (AvgIpc) is 2.61. The van der Waals surface area contributed by atoms with Crippen LogP contribution in [0.1, 0.15) is 18.9 Å². The Labute approximate surface area is 104 Å². The molecule has 0 atom stereocenters. The average molecular weight is 248 g/mol. The van der Waals surface area contributed by atoms with Crippen molar-refractivity contribution in [2.75, 3.05) is 6.54 Å². The molecule has 1 amide bonds. The molecule has 0 saturated heterocycles. The monoisotopic (exact) mass is 248 g/mol. The highest BCUT2D eigenvalue weighted by atomic mass is 16.4. The van der Waals surface area contributed by atoms with E-state index in [0.717, 1.165) is 23.9 Å². The van der Waals surface area contributed by atoms with Crippen molar-refractivity contribution in [1.29, 1.82) is 0 Å². The third-order valence-electron chi connectivity index (χ3n) is 2.87. The number of carbonyl (C=O) groups is 1. The van der Waals surface area contributed by atoms with Crippen molar-refractivity contribution in [1.82, 2.24) is 9.88 Å². The van der Waals surface area contributed by atoms with Crippen LogP contribution in [0.15, 0.2) is 27.4 Å². The number of hydrogen-bond acceptors (Lipinski definition) is 3. The molecule has 0 radical (unpaired) electrons. The quantitative estimate of drug-likeness (QED) is 0.827. The van der Waals surface area contributed by atoms with Crippen LogP contribution in [-0.4, -0.2) is 17.0 Å². The second-order valence-electron chi connectivity index (χ2n) is 4.32. The van der Waals surface area contributed by atoms with E-state index in [4.69, 9.17) is 4.42 Å². The Morgan fingerprint density at radius 2 is 2.22 bits per heavy atom. The smallest absolute Gasteiger partial charge is 0.408 e. The number of carbonyl (C=O) groups excluding carboxylic acids is 1. The summed E-state index contributed by atoms with van der Waals surface area (Å²) in [5.41, 5.74) is 2.54. The zero-order valence-electron chi connectivity index (χ0n) is 10.5. The fourth-order valence-corrected chi connectivity index (χ4v) is 1.88. The highest BCUT2D eigenvalue weighted by Gasteiger charge is 2.06. The van der Waals surface area contributed by atoms with Gasteiger partial charge in [0.15, 0.2) is 5.58 Å². The molecule has 0 fully saturated rings. The second kappa shape index (κ2) is 5.08. The summed E-state index contributed by atoms with van der Waals surface area (Å²) in [7, 11) is 1.69. The molecule has 0 saturated carbocycles. The van der Waals surface area contributed by atoms with Crippen molar-refractivity contribution >= 4 is 17.0 Å². The molecule has 1 heterocycles. The lowest BCUT2D eigenvalue weighted by Gasteiger charge is -2.03. The fourth-order valence-electron chi connectivity index (χ4n) is 1.88. The molecule has 0 spiro atoms. The van der Waals surface area contributed by atoms with Gasteiger partial charge in [-0.15, -0.1) is 0 Å². The van der Waals surface area contributed by atoms with Crippen molar-refractivity contribution < 1.29 is 9.21 Å². The number of benzene rings is 1. The molecule has 5 heteroatoms. The second-order valence-corrected chi connectivity index (χ2v) is 4.32. The lowest BCUT2D eigenvalue weighted by molar-refractivity contribution is -0.118. The van der Waals surface area contributed by atoms with Crippen LogP contribution in [0, 0.1) is 0 Å². The number of amides is 1. The van der Waals surface area contributed by atoms with Gasteiger partial charge in [-0.25, -0.2) is 4.79 Å². The SMILES string of the molecule is CC(=O)NCCCc1ccc2oc(=O)n(C)c2c1. The Bertz CT molecular complexity index is 625. The Morgan fingerprint density at radius 3 is 2.94 bits per heavy atom. The minimum atomic E-state index is -0.347. The first-order chi connectivity index (χ1) is 8.58. The first-order valence-corrected chi connectivity index (χ1v) is 5.91. The predicted molar refractivity (Wildman–Crippen MR) is 68.5 cm³/mol. The Balaban J connectivity index is 2.08. The molecule has 1 aromatic carbocycles. The number of oxazole rings is 1. The van der Waals surface area contributed by atoms with E-state index in [-0.39, 0.29) is 11.7 Å². The van der Waals surface area contributed by atoms with Gasteiger partial charge in [-0.1, -0.05) is 6.07 Å². The number of aromatic nitrogens is 1. The van der Waals surface area contributed by atoms with Crippen molar-refractivity contribution in [3.05, 3.63) is 34.3 Å². The van der Waals surface area contributed by atoms with Crippen LogP contribution in [0.25, 0.3) is 11.1 Å². The van der Waals surface area contributed by atoms with E-state index in [2.05, 4.69) is 5.32 Å². The standard InChI is InChI=1S/C13H16N2O3/c1-9(16)14-7-3-4-10-5-6-12-11(8-10)15(2)13(17)18-12/h5-6,8H,3-4,7H2,1-2H3,(H,14,16). The molecule has 0 aliphatic heterocycles. The number of fused-ring (bicyclic) bond motifs is 1. The van der Waals surface area contributed by atoms with E-state index in [0.29, 0.717) is 12.1 Å². The maximum atomic E-state index is 11.3. The molecule has 2 rings (SSSR count).